The Morgan fingerprint density at radius 3 is 2.14 bits per heavy atom. The van der Waals surface area contributed by atoms with E-state index in [4.69, 9.17) is 4.74 Å². The van der Waals surface area contributed by atoms with Gasteiger partial charge in [0.1, 0.15) is 5.60 Å². The summed E-state index contributed by atoms with van der Waals surface area (Å²) in [5.74, 6) is 0.573. The van der Waals surface area contributed by atoms with Gasteiger partial charge in [-0.25, -0.2) is 0 Å². The fraction of sp³-hybridized carbons (Fsp3) is 0.947. The van der Waals surface area contributed by atoms with E-state index in [1.807, 2.05) is 0 Å². The summed E-state index contributed by atoms with van der Waals surface area (Å²) in [6.07, 6.45) is 15.7. The molecule has 0 heterocycles. The molecule has 0 bridgehead atoms. The third-order valence-corrected chi connectivity index (χ3v) is 4.95. The van der Waals surface area contributed by atoms with Gasteiger partial charge in [-0.1, -0.05) is 64.7 Å². The Bertz CT molecular complexity index is 277. The lowest BCUT2D eigenvalue weighted by Gasteiger charge is -2.36. The molecule has 0 N–H and O–H groups in total. The van der Waals surface area contributed by atoms with Crippen LogP contribution in [0.25, 0.3) is 0 Å². The minimum Gasteiger partial charge on any atom is -0.459 e. The van der Waals surface area contributed by atoms with Gasteiger partial charge in [-0.05, 0) is 39.0 Å². The van der Waals surface area contributed by atoms with Crippen molar-refractivity contribution in [2.45, 2.75) is 110 Å². The highest BCUT2D eigenvalue weighted by atomic mass is 16.6. The second kappa shape index (κ2) is 10.2. The van der Waals surface area contributed by atoms with E-state index in [9.17, 15) is 4.79 Å². The molecule has 124 valence electrons. The summed E-state index contributed by atoms with van der Waals surface area (Å²) < 4.78 is 5.78. The molecule has 0 spiro atoms. The normalized spacial score (nSPS) is 16.9. The van der Waals surface area contributed by atoms with Crippen LogP contribution in [-0.4, -0.2) is 11.6 Å². The van der Waals surface area contributed by atoms with Gasteiger partial charge in [0.25, 0.3) is 0 Å². The molecule has 2 nitrogen and oxygen atoms in total. The lowest BCUT2D eigenvalue weighted by atomic mass is 9.79. The smallest absolute Gasteiger partial charge is 0.306 e. The van der Waals surface area contributed by atoms with Crippen LogP contribution in [-0.2, 0) is 9.53 Å². The van der Waals surface area contributed by atoms with E-state index in [-0.39, 0.29) is 11.6 Å². The molecule has 0 atom stereocenters. The number of carbonyl (C=O) groups is 1. The fourth-order valence-electron chi connectivity index (χ4n) is 3.45. The molecule has 0 radical (unpaired) electrons. The molecule has 1 aliphatic carbocycles. The maximum absolute atomic E-state index is 12.0. The Morgan fingerprint density at radius 2 is 1.52 bits per heavy atom. The van der Waals surface area contributed by atoms with Gasteiger partial charge in [0.15, 0.2) is 0 Å². The summed E-state index contributed by atoms with van der Waals surface area (Å²) >= 11 is 0. The molecule has 0 aliphatic heterocycles. The van der Waals surface area contributed by atoms with Crippen molar-refractivity contribution >= 4 is 5.97 Å². The predicted molar refractivity (Wildman–Crippen MR) is 89.4 cm³/mol. The zero-order valence-electron chi connectivity index (χ0n) is 14.6. The van der Waals surface area contributed by atoms with Gasteiger partial charge in [-0.15, -0.1) is 0 Å². The number of esters is 1. The second-order valence-corrected chi connectivity index (χ2v) is 7.28. The highest BCUT2D eigenvalue weighted by Crippen LogP contribution is 2.35. The van der Waals surface area contributed by atoms with Crippen molar-refractivity contribution in [3.63, 3.8) is 0 Å². The molecule has 1 fully saturated rings. The molecular weight excluding hydrogens is 260 g/mol. The number of unbranched alkanes of at least 4 members (excludes halogenated alkanes) is 6. The first kappa shape index (κ1) is 18.5. The largest absolute Gasteiger partial charge is 0.459 e. The van der Waals surface area contributed by atoms with Crippen molar-refractivity contribution in [3.8, 4) is 0 Å². The lowest BCUT2D eigenvalue weighted by Crippen LogP contribution is -2.37. The number of rotatable bonds is 10. The molecular formula is C19H36O2. The average molecular weight is 296 g/mol. The Kier molecular flexibility index (Phi) is 9.03. The van der Waals surface area contributed by atoms with E-state index >= 15 is 0 Å². The number of carbonyl (C=O) groups excluding carboxylic acids is 1. The van der Waals surface area contributed by atoms with Crippen LogP contribution in [0.1, 0.15) is 104 Å². The van der Waals surface area contributed by atoms with E-state index < -0.39 is 0 Å². The van der Waals surface area contributed by atoms with Gasteiger partial charge in [0.05, 0.1) is 0 Å². The van der Waals surface area contributed by atoms with Crippen LogP contribution in [0, 0.1) is 5.92 Å². The molecule has 0 amide bonds. The first-order valence-electron chi connectivity index (χ1n) is 9.28. The Morgan fingerprint density at radius 1 is 0.952 bits per heavy atom. The maximum atomic E-state index is 12.0. The summed E-state index contributed by atoms with van der Waals surface area (Å²) in [6.45, 7) is 6.45. The molecule has 1 saturated carbocycles. The third kappa shape index (κ3) is 7.87. The highest BCUT2D eigenvalue weighted by molar-refractivity contribution is 5.69. The van der Waals surface area contributed by atoms with Gasteiger partial charge in [0, 0.05) is 6.42 Å². The number of ether oxygens (including phenoxy) is 1. The van der Waals surface area contributed by atoms with Crippen LogP contribution in [0.5, 0.6) is 0 Å². The molecule has 1 rings (SSSR count). The van der Waals surface area contributed by atoms with Crippen LogP contribution in [0.2, 0.25) is 0 Å². The quantitative estimate of drug-likeness (QED) is 0.363. The molecule has 0 aromatic carbocycles. The summed E-state index contributed by atoms with van der Waals surface area (Å²) in [4.78, 5) is 12.0. The molecule has 0 aromatic rings. The summed E-state index contributed by atoms with van der Waals surface area (Å²) in [5.41, 5.74) is -0.265. The van der Waals surface area contributed by atoms with E-state index in [0.717, 1.165) is 6.42 Å². The molecule has 0 aromatic heterocycles. The zero-order valence-corrected chi connectivity index (χ0v) is 14.6. The predicted octanol–water partition coefficient (Wildman–Crippen LogP) is 6.03. The van der Waals surface area contributed by atoms with Gasteiger partial charge < -0.3 is 4.74 Å². The van der Waals surface area contributed by atoms with Crippen LogP contribution in [0.4, 0.5) is 0 Å². The van der Waals surface area contributed by atoms with E-state index in [1.54, 1.807) is 0 Å². The average Bonchev–Trinajstić information content (AvgIpc) is 2.47. The molecule has 21 heavy (non-hydrogen) atoms. The van der Waals surface area contributed by atoms with Crippen LogP contribution in [0.15, 0.2) is 0 Å². The minimum atomic E-state index is -0.265. The van der Waals surface area contributed by atoms with Crippen molar-refractivity contribution in [1.29, 1.82) is 0 Å². The van der Waals surface area contributed by atoms with Gasteiger partial charge >= 0.3 is 5.97 Å². The molecule has 0 saturated heterocycles. The fourth-order valence-corrected chi connectivity index (χ4v) is 3.45. The molecule has 1 aliphatic rings. The first-order chi connectivity index (χ1) is 10.1. The van der Waals surface area contributed by atoms with Crippen LogP contribution in [0.3, 0.4) is 0 Å². The van der Waals surface area contributed by atoms with E-state index in [2.05, 4.69) is 20.8 Å². The lowest BCUT2D eigenvalue weighted by molar-refractivity contribution is -0.163. The Hall–Kier alpha value is -0.530. The van der Waals surface area contributed by atoms with Crippen molar-refractivity contribution in [3.05, 3.63) is 0 Å². The number of hydrogen-bond acceptors (Lipinski definition) is 2. The third-order valence-electron chi connectivity index (χ3n) is 4.95. The van der Waals surface area contributed by atoms with Gasteiger partial charge in [0.2, 0.25) is 0 Å². The Labute approximate surface area is 132 Å². The standard InChI is InChI=1S/C19H36O2/c1-4-5-6-7-8-9-13-16-18(20)21-19(2,3)17-14-11-10-12-15-17/h17H,4-16H2,1-3H3. The van der Waals surface area contributed by atoms with Crippen molar-refractivity contribution < 1.29 is 9.53 Å². The summed E-state index contributed by atoms with van der Waals surface area (Å²) in [7, 11) is 0. The first-order valence-corrected chi connectivity index (χ1v) is 9.28. The second-order valence-electron chi connectivity index (χ2n) is 7.28. The van der Waals surface area contributed by atoms with E-state index in [0.29, 0.717) is 12.3 Å². The number of hydrogen-bond donors (Lipinski definition) is 0. The van der Waals surface area contributed by atoms with Gasteiger partial charge in [-0.3, -0.25) is 4.79 Å². The monoisotopic (exact) mass is 296 g/mol. The minimum absolute atomic E-state index is 0.0131. The van der Waals surface area contributed by atoms with Gasteiger partial charge in [-0.2, -0.15) is 0 Å². The SMILES string of the molecule is CCCCCCCCCC(=O)OC(C)(C)C1CCCCC1. The maximum Gasteiger partial charge on any atom is 0.306 e. The molecule has 0 unspecified atom stereocenters. The van der Waals surface area contributed by atoms with Crippen molar-refractivity contribution in [1.82, 2.24) is 0 Å². The summed E-state index contributed by atoms with van der Waals surface area (Å²) in [6, 6.07) is 0. The summed E-state index contributed by atoms with van der Waals surface area (Å²) in [5, 5.41) is 0. The zero-order chi connectivity index (χ0) is 15.6. The highest BCUT2D eigenvalue weighted by Gasteiger charge is 2.33. The van der Waals surface area contributed by atoms with Crippen molar-refractivity contribution in [2.24, 2.45) is 5.92 Å². The van der Waals surface area contributed by atoms with Crippen LogP contribution >= 0.6 is 0 Å². The Balaban J connectivity index is 2.11. The van der Waals surface area contributed by atoms with Crippen LogP contribution < -0.4 is 0 Å². The topological polar surface area (TPSA) is 26.3 Å². The van der Waals surface area contributed by atoms with Crippen molar-refractivity contribution in [2.75, 3.05) is 0 Å². The van der Waals surface area contributed by atoms with E-state index in [1.165, 1.54) is 70.6 Å². The molecule has 2 heteroatoms.